The van der Waals surface area contributed by atoms with Crippen molar-refractivity contribution in [3.8, 4) is 0 Å². The molecule has 27 heavy (non-hydrogen) atoms. The number of anilines is 2. The van der Waals surface area contributed by atoms with Crippen LogP contribution >= 0.6 is 0 Å². The Kier molecular flexibility index (Phi) is 6.08. The third-order valence-corrected chi connectivity index (χ3v) is 4.90. The van der Waals surface area contributed by atoms with Crippen molar-refractivity contribution < 1.29 is 0 Å². The first kappa shape index (κ1) is 18.9. The van der Waals surface area contributed by atoms with Crippen LogP contribution in [0.2, 0.25) is 0 Å². The molecule has 2 heteroatoms. The van der Waals surface area contributed by atoms with Crippen molar-refractivity contribution in [1.29, 1.82) is 0 Å². The molecule has 3 aromatic rings. The normalized spacial score (nSPS) is 11.5. The van der Waals surface area contributed by atoms with E-state index in [9.17, 15) is 0 Å². The molecule has 0 bridgehead atoms. The Balaban J connectivity index is 2.02. The molecule has 0 aliphatic heterocycles. The highest BCUT2D eigenvalue weighted by atomic mass is 15.5. The first-order valence-corrected chi connectivity index (χ1v) is 9.71. The van der Waals surface area contributed by atoms with Crippen LogP contribution in [-0.4, -0.2) is 5.71 Å². The second-order valence-corrected chi connectivity index (χ2v) is 6.90. The second-order valence-electron chi connectivity index (χ2n) is 6.90. The zero-order chi connectivity index (χ0) is 19.2. The Morgan fingerprint density at radius 3 is 1.56 bits per heavy atom. The lowest BCUT2D eigenvalue weighted by atomic mass is 10.1. The minimum absolute atomic E-state index is 0.995. The molecule has 0 radical (unpaired) electrons. The van der Waals surface area contributed by atoms with Crippen LogP contribution in [0.15, 0.2) is 77.9 Å². The second kappa shape index (κ2) is 8.68. The van der Waals surface area contributed by atoms with Crippen LogP contribution < -0.4 is 5.01 Å². The fourth-order valence-corrected chi connectivity index (χ4v) is 3.01. The monoisotopic (exact) mass is 356 g/mol. The zero-order valence-electron chi connectivity index (χ0n) is 16.7. The van der Waals surface area contributed by atoms with E-state index >= 15 is 0 Å². The molecule has 3 rings (SSSR count). The molecule has 0 saturated heterocycles. The molecule has 3 aromatic carbocycles. The highest BCUT2D eigenvalue weighted by molar-refractivity contribution is 5.99. The van der Waals surface area contributed by atoms with Crippen molar-refractivity contribution in [2.75, 3.05) is 5.01 Å². The van der Waals surface area contributed by atoms with Crippen LogP contribution in [0, 0.1) is 6.92 Å². The van der Waals surface area contributed by atoms with E-state index in [1.807, 2.05) is 5.01 Å². The van der Waals surface area contributed by atoms with Gasteiger partial charge in [0.25, 0.3) is 0 Å². The zero-order valence-corrected chi connectivity index (χ0v) is 16.7. The van der Waals surface area contributed by atoms with Gasteiger partial charge in [-0.2, -0.15) is 5.10 Å². The molecular weight excluding hydrogens is 328 g/mol. The first-order valence-electron chi connectivity index (χ1n) is 9.71. The largest absolute Gasteiger partial charge is 0.234 e. The fraction of sp³-hybridized carbons (Fsp3) is 0.240. The fourth-order valence-electron chi connectivity index (χ4n) is 3.01. The van der Waals surface area contributed by atoms with Gasteiger partial charge >= 0.3 is 0 Å². The van der Waals surface area contributed by atoms with Gasteiger partial charge in [-0.15, -0.1) is 0 Å². The Bertz CT molecular complexity index is 841. The summed E-state index contributed by atoms with van der Waals surface area (Å²) in [6, 6.07) is 25.8. The van der Waals surface area contributed by atoms with Crippen molar-refractivity contribution in [2.45, 2.75) is 40.5 Å². The van der Waals surface area contributed by atoms with Crippen LogP contribution in [0.5, 0.6) is 0 Å². The van der Waals surface area contributed by atoms with E-state index in [4.69, 9.17) is 5.10 Å². The van der Waals surface area contributed by atoms with E-state index in [0.717, 1.165) is 35.5 Å². The highest BCUT2D eigenvalue weighted by Gasteiger charge is 2.10. The van der Waals surface area contributed by atoms with Crippen molar-refractivity contribution in [2.24, 2.45) is 5.10 Å². The number of hydrazone groups is 1. The standard InChI is InChI=1S/C25H28N2/c1-5-21-9-15-24(16-10-21)27(25-17-11-22(6-2)12-18-25)26-20(4)23-13-7-19(3)8-14-23/h7-18H,5-6H2,1-4H3/b26-20+. The van der Waals surface area contributed by atoms with Gasteiger partial charge in [0.15, 0.2) is 0 Å². The minimum Gasteiger partial charge on any atom is -0.234 e. The van der Waals surface area contributed by atoms with Crippen LogP contribution in [0.4, 0.5) is 11.4 Å². The number of hydrogen-bond donors (Lipinski definition) is 0. The smallest absolute Gasteiger partial charge is 0.0655 e. The first-order chi connectivity index (χ1) is 13.1. The number of benzene rings is 3. The third-order valence-electron chi connectivity index (χ3n) is 4.90. The highest BCUT2D eigenvalue weighted by Crippen LogP contribution is 2.27. The Morgan fingerprint density at radius 1 is 0.704 bits per heavy atom. The topological polar surface area (TPSA) is 15.6 Å². The number of nitrogens with zero attached hydrogens (tertiary/aromatic N) is 2. The van der Waals surface area contributed by atoms with Gasteiger partial charge in [-0.05, 0) is 67.6 Å². The van der Waals surface area contributed by atoms with Crippen molar-refractivity contribution in [3.63, 3.8) is 0 Å². The molecule has 0 saturated carbocycles. The molecule has 0 amide bonds. The Labute approximate surface area is 163 Å². The Hall–Kier alpha value is -2.87. The summed E-state index contributed by atoms with van der Waals surface area (Å²) in [5.41, 5.74) is 8.20. The molecule has 0 spiro atoms. The van der Waals surface area contributed by atoms with Gasteiger partial charge in [0, 0.05) is 0 Å². The average molecular weight is 357 g/mol. The summed E-state index contributed by atoms with van der Waals surface area (Å²) >= 11 is 0. The van der Waals surface area contributed by atoms with Gasteiger partial charge in [0.1, 0.15) is 0 Å². The summed E-state index contributed by atoms with van der Waals surface area (Å²) in [5.74, 6) is 0. The lowest BCUT2D eigenvalue weighted by Gasteiger charge is -2.21. The van der Waals surface area contributed by atoms with Crippen LogP contribution in [0.25, 0.3) is 0 Å². The molecule has 2 nitrogen and oxygen atoms in total. The van der Waals surface area contributed by atoms with Crippen molar-refractivity contribution in [3.05, 3.63) is 95.1 Å². The van der Waals surface area contributed by atoms with E-state index in [2.05, 4.69) is 100 Å². The van der Waals surface area contributed by atoms with Gasteiger partial charge in [-0.1, -0.05) is 67.9 Å². The number of aryl methyl sites for hydroxylation is 3. The molecule has 0 atom stereocenters. The maximum absolute atomic E-state index is 4.98. The van der Waals surface area contributed by atoms with E-state index < -0.39 is 0 Å². The summed E-state index contributed by atoms with van der Waals surface area (Å²) in [5, 5.41) is 7.01. The van der Waals surface area contributed by atoms with Crippen LogP contribution in [0.3, 0.4) is 0 Å². The molecule has 0 aliphatic carbocycles. The maximum atomic E-state index is 4.98. The van der Waals surface area contributed by atoms with Gasteiger partial charge in [0.05, 0.1) is 17.1 Å². The van der Waals surface area contributed by atoms with Crippen molar-refractivity contribution >= 4 is 17.1 Å². The molecule has 0 N–H and O–H groups in total. The third kappa shape index (κ3) is 4.65. The predicted octanol–water partition coefficient (Wildman–Crippen LogP) is 6.68. The lowest BCUT2D eigenvalue weighted by molar-refractivity contribution is 1.06. The molecule has 0 aromatic heterocycles. The van der Waals surface area contributed by atoms with Crippen LogP contribution in [-0.2, 0) is 12.8 Å². The summed E-state index contributed by atoms with van der Waals surface area (Å²) in [6.07, 6.45) is 2.08. The Morgan fingerprint density at radius 2 is 1.15 bits per heavy atom. The lowest BCUT2D eigenvalue weighted by Crippen LogP contribution is -2.12. The minimum atomic E-state index is 0.995. The molecule has 0 heterocycles. The molecular formula is C25H28N2. The van der Waals surface area contributed by atoms with E-state index in [1.165, 1.54) is 16.7 Å². The SMILES string of the molecule is CCc1ccc(N(/N=C(\C)c2ccc(C)cc2)c2ccc(CC)cc2)cc1. The van der Waals surface area contributed by atoms with Crippen LogP contribution in [0.1, 0.15) is 43.0 Å². The molecule has 0 fully saturated rings. The van der Waals surface area contributed by atoms with Crippen molar-refractivity contribution in [1.82, 2.24) is 0 Å². The number of hydrogen-bond acceptors (Lipinski definition) is 2. The van der Waals surface area contributed by atoms with E-state index in [-0.39, 0.29) is 0 Å². The summed E-state index contributed by atoms with van der Waals surface area (Å²) in [6.45, 7) is 8.53. The molecule has 0 aliphatic rings. The summed E-state index contributed by atoms with van der Waals surface area (Å²) in [7, 11) is 0. The average Bonchev–Trinajstić information content (AvgIpc) is 2.72. The van der Waals surface area contributed by atoms with Gasteiger partial charge in [-0.25, -0.2) is 5.01 Å². The van der Waals surface area contributed by atoms with Gasteiger partial charge in [-0.3, -0.25) is 0 Å². The number of rotatable bonds is 6. The molecule has 138 valence electrons. The van der Waals surface area contributed by atoms with E-state index in [1.54, 1.807) is 0 Å². The maximum Gasteiger partial charge on any atom is 0.0655 e. The van der Waals surface area contributed by atoms with Gasteiger partial charge < -0.3 is 0 Å². The van der Waals surface area contributed by atoms with E-state index in [0.29, 0.717) is 0 Å². The molecule has 0 unspecified atom stereocenters. The predicted molar refractivity (Wildman–Crippen MR) is 117 cm³/mol. The summed E-state index contributed by atoms with van der Waals surface area (Å²) < 4.78 is 0. The summed E-state index contributed by atoms with van der Waals surface area (Å²) in [4.78, 5) is 0. The van der Waals surface area contributed by atoms with Gasteiger partial charge in [0.2, 0.25) is 0 Å². The quantitative estimate of drug-likeness (QED) is 0.355.